The highest BCUT2D eigenvalue weighted by Gasteiger charge is 2.06. The normalized spacial score (nSPS) is 12.6. The van der Waals surface area contributed by atoms with Gasteiger partial charge in [0.15, 0.2) is 5.96 Å². The average molecular weight is 338 g/mol. The Morgan fingerprint density at radius 1 is 1.04 bits per heavy atom. The zero-order chi connectivity index (χ0) is 18.1. The first kappa shape index (κ1) is 18.8. The van der Waals surface area contributed by atoms with Crippen molar-refractivity contribution in [3.8, 4) is 0 Å². The van der Waals surface area contributed by atoms with Gasteiger partial charge in [0.05, 0.1) is 0 Å². The molecule has 2 N–H and O–H groups in total. The lowest BCUT2D eigenvalue weighted by Crippen LogP contribution is -2.42. The number of nitrogens with zero attached hydrogens (tertiary/aromatic N) is 2. The topological polar surface area (TPSA) is 39.7 Å². The van der Waals surface area contributed by atoms with E-state index in [1.165, 1.54) is 16.8 Å². The summed E-state index contributed by atoms with van der Waals surface area (Å²) in [6, 6.07) is 19.5. The van der Waals surface area contributed by atoms with Crippen molar-refractivity contribution in [3.05, 3.63) is 65.7 Å². The van der Waals surface area contributed by atoms with Gasteiger partial charge < -0.3 is 15.5 Å². The zero-order valence-corrected chi connectivity index (χ0v) is 15.8. The second-order valence-electron chi connectivity index (χ2n) is 6.56. The third-order valence-electron chi connectivity index (χ3n) is 4.20. The van der Waals surface area contributed by atoms with Crippen molar-refractivity contribution in [2.75, 3.05) is 26.0 Å². The molecule has 0 aromatic heterocycles. The highest BCUT2D eigenvalue weighted by molar-refractivity contribution is 5.79. The van der Waals surface area contributed by atoms with E-state index in [-0.39, 0.29) is 0 Å². The maximum absolute atomic E-state index is 4.34. The molecule has 4 heteroatoms. The summed E-state index contributed by atoms with van der Waals surface area (Å²) < 4.78 is 0. The summed E-state index contributed by atoms with van der Waals surface area (Å²) in [6.45, 7) is 2.95. The quantitative estimate of drug-likeness (QED) is 0.600. The van der Waals surface area contributed by atoms with Crippen LogP contribution in [0.3, 0.4) is 0 Å². The van der Waals surface area contributed by atoms with Crippen LogP contribution < -0.4 is 15.5 Å². The van der Waals surface area contributed by atoms with Crippen LogP contribution in [0.2, 0.25) is 0 Å². The van der Waals surface area contributed by atoms with E-state index in [1.54, 1.807) is 0 Å². The molecular formula is C21H30N4. The van der Waals surface area contributed by atoms with Gasteiger partial charge in [0.2, 0.25) is 0 Å². The van der Waals surface area contributed by atoms with Crippen molar-refractivity contribution < 1.29 is 0 Å². The Hall–Kier alpha value is -2.49. The number of anilines is 1. The van der Waals surface area contributed by atoms with Crippen LogP contribution in [0.4, 0.5) is 5.69 Å². The van der Waals surface area contributed by atoms with Crippen LogP contribution in [-0.2, 0) is 13.0 Å². The molecule has 0 aliphatic carbocycles. The molecule has 0 heterocycles. The lowest BCUT2D eigenvalue weighted by atomic mass is 10.1. The molecule has 0 spiro atoms. The Bertz CT molecular complexity index is 665. The number of hydrogen-bond acceptors (Lipinski definition) is 2. The average Bonchev–Trinajstić information content (AvgIpc) is 2.64. The minimum Gasteiger partial charge on any atom is -0.378 e. The van der Waals surface area contributed by atoms with Gasteiger partial charge in [0.1, 0.15) is 0 Å². The van der Waals surface area contributed by atoms with Crippen LogP contribution in [0.15, 0.2) is 59.6 Å². The van der Waals surface area contributed by atoms with Gasteiger partial charge in [-0.1, -0.05) is 42.5 Å². The third-order valence-corrected chi connectivity index (χ3v) is 4.20. The number of hydrogen-bond donors (Lipinski definition) is 2. The first-order chi connectivity index (χ1) is 12.1. The molecule has 2 aromatic carbocycles. The summed E-state index contributed by atoms with van der Waals surface area (Å²) >= 11 is 0. The molecule has 134 valence electrons. The Labute approximate surface area is 152 Å². The van der Waals surface area contributed by atoms with Crippen LogP contribution in [0.5, 0.6) is 0 Å². The highest BCUT2D eigenvalue weighted by Crippen LogP contribution is 2.13. The molecule has 1 atom stereocenters. The molecule has 0 saturated heterocycles. The monoisotopic (exact) mass is 338 g/mol. The molecule has 1 unspecified atom stereocenters. The summed E-state index contributed by atoms with van der Waals surface area (Å²) in [7, 11) is 5.93. The molecule has 0 bridgehead atoms. The van der Waals surface area contributed by atoms with E-state index in [9.17, 15) is 0 Å². The number of guanidine groups is 1. The number of rotatable bonds is 7. The number of aliphatic imine (C=N–C) groups is 1. The second kappa shape index (κ2) is 9.72. The van der Waals surface area contributed by atoms with E-state index in [0.29, 0.717) is 6.04 Å². The van der Waals surface area contributed by atoms with Crippen molar-refractivity contribution in [2.24, 2.45) is 4.99 Å². The molecule has 2 aromatic rings. The lowest BCUT2D eigenvalue weighted by molar-refractivity contribution is 0.593. The fourth-order valence-electron chi connectivity index (χ4n) is 2.66. The van der Waals surface area contributed by atoms with Crippen molar-refractivity contribution >= 4 is 11.6 Å². The van der Waals surface area contributed by atoms with Crippen molar-refractivity contribution in [2.45, 2.75) is 32.4 Å². The Kier molecular flexibility index (Phi) is 7.33. The van der Waals surface area contributed by atoms with Crippen LogP contribution in [0.1, 0.15) is 24.5 Å². The van der Waals surface area contributed by atoms with Gasteiger partial charge in [-0.25, -0.2) is 0 Å². The maximum Gasteiger partial charge on any atom is 0.191 e. The third kappa shape index (κ3) is 6.49. The van der Waals surface area contributed by atoms with E-state index in [0.717, 1.165) is 25.3 Å². The zero-order valence-electron chi connectivity index (χ0n) is 15.8. The SMILES string of the molecule is CN=C(NCc1cccc(N(C)C)c1)NC(C)CCc1ccccc1. The molecule has 0 radical (unpaired) electrons. The lowest BCUT2D eigenvalue weighted by Gasteiger charge is -2.19. The number of aryl methyl sites for hydroxylation is 1. The summed E-state index contributed by atoms with van der Waals surface area (Å²) in [5, 5.41) is 6.87. The fraction of sp³-hybridized carbons (Fsp3) is 0.381. The molecule has 2 rings (SSSR count). The van der Waals surface area contributed by atoms with Gasteiger partial charge in [-0.3, -0.25) is 4.99 Å². The smallest absolute Gasteiger partial charge is 0.191 e. The van der Waals surface area contributed by atoms with E-state index < -0.39 is 0 Å². The van der Waals surface area contributed by atoms with Gasteiger partial charge in [-0.05, 0) is 43.0 Å². The minimum atomic E-state index is 0.361. The molecule has 0 saturated carbocycles. The van der Waals surface area contributed by atoms with Crippen molar-refractivity contribution in [1.29, 1.82) is 0 Å². The van der Waals surface area contributed by atoms with Gasteiger partial charge in [-0.2, -0.15) is 0 Å². The summed E-state index contributed by atoms with van der Waals surface area (Å²) in [4.78, 5) is 6.45. The summed E-state index contributed by atoms with van der Waals surface area (Å²) in [5.41, 5.74) is 3.82. The molecule has 4 nitrogen and oxygen atoms in total. The summed E-state index contributed by atoms with van der Waals surface area (Å²) in [6.07, 6.45) is 2.14. The van der Waals surface area contributed by atoms with E-state index in [2.05, 4.69) is 96.1 Å². The van der Waals surface area contributed by atoms with Gasteiger partial charge in [-0.15, -0.1) is 0 Å². The molecule has 0 amide bonds. The molecular weight excluding hydrogens is 308 g/mol. The van der Waals surface area contributed by atoms with E-state index in [4.69, 9.17) is 0 Å². The predicted molar refractivity (Wildman–Crippen MR) is 108 cm³/mol. The second-order valence-corrected chi connectivity index (χ2v) is 6.56. The molecule has 25 heavy (non-hydrogen) atoms. The largest absolute Gasteiger partial charge is 0.378 e. The Morgan fingerprint density at radius 3 is 2.44 bits per heavy atom. The van der Waals surface area contributed by atoms with Crippen LogP contribution >= 0.6 is 0 Å². The van der Waals surface area contributed by atoms with Crippen LogP contribution in [0.25, 0.3) is 0 Å². The molecule has 0 fully saturated rings. The number of benzene rings is 2. The van der Waals surface area contributed by atoms with Crippen molar-refractivity contribution in [3.63, 3.8) is 0 Å². The van der Waals surface area contributed by atoms with Crippen LogP contribution in [-0.4, -0.2) is 33.1 Å². The molecule has 0 aliphatic heterocycles. The highest BCUT2D eigenvalue weighted by atomic mass is 15.2. The predicted octanol–water partition coefficient (Wildman–Crippen LogP) is 3.44. The standard InChI is InChI=1S/C21H30N4/c1-17(13-14-18-9-6-5-7-10-18)24-21(22-2)23-16-19-11-8-12-20(15-19)25(3)4/h5-12,15,17H,13-14,16H2,1-4H3,(H2,22,23,24). The fourth-order valence-corrected chi connectivity index (χ4v) is 2.66. The van der Waals surface area contributed by atoms with Crippen LogP contribution in [0, 0.1) is 0 Å². The van der Waals surface area contributed by atoms with Crippen molar-refractivity contribution in [1.82, 2.24) is 10.6 Å². The molecule has 0 aliphatic rings. The van der Waals surface area contributed by atoms with E-state index in [1.807, 2.05) is 7.05 Å². The van der Waals surface area contributed by atoms with E-state index >= 15 is 0 Å². The first-order valence-electron chi connectivity index (χ1n) is 8.86. The summed E-state index contributed by atoms with van der Waals surface area (Å²) in [5.74, 6) is 0.843. The first-order valence-corrected chi connectivity index (χ1v) is 8.86. The Morgan fingerprint density at radius 2 is 1.76 bits per heavy atom. The van der Waals surface area contributed by atoms with Gasteiger partial charge in [0.25, 0.3) is 0 Å². The van der Waals surface area contributed by atoms with Gasteiger partial charge in [0, 0.05) is 39.4 Å². The van der Waals surface area contributed by atoms with Gasteiger partial charge >= 0.3 is 0 Å². The minimum absolute atomic E-state index is 0.361. The number of nitrogens with one attached hydrogen (secondary N) is 2. The maximum atomic E-state index is 4.34. The Balaban J connectivity index is 1.81.